The van der Waals surface area contributed by atoms with E-state index in [9.17, 15) is 4.39 Å². The molecule has 0 unspecified atom stereocenters. The molecule has 0 radical (unpaired) electrons. The minimum absolute atomic E-state index is 0.413. The molecule has 82 valence electrons. The normalized spacial score (nSPS) is 26.3. The molecule has 0 bridgehead atoms. The van der Waals surface area contributed by atoms with E-state index in [2.05, 4.69) is 17.2 Å². The van der Waals surface area contributed by atoms with Crippen molar-refractivity contribution in [2.24, 2.45) is 5.92 Å². The highest BCUT2D eigenvalue weighted by atomic mass is 19.1. The first-order valence-electron chi connectivity index (χ1n) is 5.65. The van der Waals surface area contributed by atoms with Crippen molar-refractivity contribution in [2.75, 3.05) is 5.32 Å². The van der Waals surface area contributed by atoms with Gasteiger partial charge in [-0.15, -0.1) is 0 Å². The number of halogens is 1. The minimum atomic E-state index is -0.413. The Hall–Kier alpha value is -1.12. The van der Waals surface area contributed by atoms with Crippen molar-refractivity contribution in [1.29, 1.82) is 0 Å². The molecule has 1 aliphatic carbocycles. The Balaban J connectivity index is 2.01. The molecular weight excluding hydrogens is 191 g/mol. The summed E-state index contributed by atoms with van der Waals surface area (Å²) in [6.07, 6.45) is 5.00. The van der Waals surface area contributed by atoms with Gasteiger partial charge in [0, 0.05) is 6.04 Å². The number of hydrogen-bond donors (Lipinski definition) is 1. The Morgan fingerprint density at radius 1 is 1.33 bits per heavy atom. The average molecular weight is 208 g/mol. The maximum atomic E-state index is 12.9. The van der Waals surface area contributed by atoms with Crippen molar-refractivity contribution < 1.29 is 4.39 Å². The molecule has 0 aromatic carbocycles. The topological polar surface area (TPSA) is 24.9 Å². The average Bonchev–Trinajstić information content (AvgIpc) is 2.22. The van der Waals surface area contributed by atoms with Crippen LogP contribution >= 0.6 is 0 Å². The van der Waals surface area contributed by atoms with Crippen LogP contribution in [0, 0.1) is 11.9 Å². The molecule has 15 heavy (non-hydrogen) atoms. The van der Waals surface area contributed by atoms with E-state index in [1.54, 1.807) is 6.07 Å². The van der Waals surface area contributed by atoms with Crippen molar-refractivity contribution in [1.82, 2.24) is 4.98 Å². The van der Waals surface area contributed by atoms with Gasteiger partial charge in [-0.1, -0.05) is 25.8 Å². The summed E-state index contributed by atoms with van der Waals surface area (Å²) in [6.45, 7) is 2.25. The second kappa shape index (κ2) is 4.60. The van der Waals surface area contributed by atoms with Crippen LogP contribution in [0.1, 0.15) is 32.6 Å². The molecule has 1 heterocycles. The molecule has 1 fully saturated rings. The van der Waals surface area contributed by atoms with Crippen LogP contribution in [-0.2, 0) is 0 Å². The lowest BCUT2D eigenvalue weighted by Gasteiger charge is -2.29. The minimum Gasteiger partial charge on any atom is -0.367 e. The third-order valence-electron chi connectivity index (χ3n) is 3.16. The largest absolute Gasteiger partial charge is 0.367 e. The lowest BCUT2D eigenvalue weighted by atomic mass is 9.86. The zero-order valence-corrected chi connectivity index (χ0v) is 9.04. The zero-order valence-electron chi connectivity index (χ0n) is 9.04. The number of nitrogens with one attached hydrogen (secondary N) is 1. The van der Waals surface area contributed by atoms with E-state index < -0.39 is 5.95 Å². The Morgan fingerprint density at radius 3 is 2.87 bits per heavy atom. The highest BCUT2D eigenvalue weighted by Crippen LogP contribution is 2.26. The molecule has 2 atom stereocenters. The van der Waals surface area contributed by atoms with Gasteiger partial charge in [0.2, 0.25) is 5.95 Å². The summed E-state index contributed by atoms with van der Waals surface area (Å²) in [6, 6.07) is 5.34. The third kappa shape index (κ3) is 2.67. The first kappa shape index (κ1) is 10.4. The van der Waals surface area contributed by atoms with Crippen molar-refractivity contribution in [3.63, 3.8) is 0 Å². The number of aromatic nitrogens is 1. The fourth-order valence-corrected chi connectivity index (χ4v) is 2.21. The van der Waals surface area contributed by atoms with E-state index >= 15 is 0 Å². The molecule has 0 spiro atoms. The highest BCUT2D eigenvalue weighted by Gasteiger charge is 2.21. The zero-order chi connectivity index (χ0) is 10.7. The third-order valence-corrected chi connectivity index (χ3v) is 3.16. The van der Waals surface area contributed by atoms with E-state index in [-0.39, 0.29) is 0 Å². The number of rotatable bonds is 2. The van der Waals surface area contributed by atoms with Gasteiger partial charge in [0.1, 0.15) is 5.82 Å². The van der Waals surface area contributed by atoms with Crippen molar-refractivity contribution in [3.8, 4) is 0 Å². The molecule has 0 saturated heterocycles. The van der Waals surface area contributed by atoms with Crippen LogP contribution in [0.5, 0.6) is 0 Å². The molecule has 1 aliphatic rings. The SMILES string of the molecule is C[C@@H]1CCCC[C@@H]1Nc1cccc(F)n1. The summed E-state index contributed by atoms with van der Waals surface area (Å²) in [7, 11) is 0. The van der Waals surface area contributed by atoms with Crippen LogP contribution in [-0.4, -0.2) is 11.0 Å². The summed E-state index contributed by atoms with van der Waals surface area (Å²) >= 11 is 0. The Morgan fingerprint density at radius 2 is 2.13 bits per heavy atom. The lowest BCUT2D eigenvalue weighted by Crippen LogP contribution is -2.30. The number of nitrogens with zero attached hydrogens (tertiary/aromatic N) is 1. The first-order chi connectivity index (χ1) is 7.25. The number of hydrogen-bond acceptors (Lipinski definition) is 2. The van der Waals surface area contributed by atoms with Crippen LogP contribution in [0.2, 0.25) is 0 Å². The van der Waals surface area contributed by atoms with Crippen molar-refractivity contribution in [2.45, 2.75) is 38.6 Å². The highest BCUT2D eigenvalue weighted by molar-refractivity contribution is 5.35. The summed E-state index contributed by atoms with van der Waals surface area (Å²) in [5.41, 5.74) is 0. The van der Waals surface area contributed by atoms with E-state index in [1.807, 2.05) is 6.07 Å². The monoisotopic (exact) mass is 208 g/mol. The van der Waals surface area contributed by atoms with Crippen LogP contribution in [0.3, 0.4) is 0 Å². The van der Waals surface area contributed by atoms with Gasteiger partial charge < -0.3 is 5.32 Å². The van der Waals surface area contributed by atoms with Crippen molar-refractivity contribution in [3.05, 3.63) is 24.1 Å². The van der Waals surface area contributed by atoms with E-state index in [0.717, 1.165) is 0 Å². The van der Waals surface area contributed by atoms with Crippen LogP contribution in [0.25, 0.3) is 0 Å². The molecule has 0 aliphatic heterocycles. The molecule has 3 heteroatoms. The molecule has 1 saturated carbocycles. The quantitative estimate of drug-likeness (QED) is 0.755. The predicted molar refractivity (Wildman–Crippen MR) is 59.2 cm³/mol. The summed E-state index contributed by atoms with van der Waals surface area (Å²) < 4.78 is 12.9. The second-order valence-corrected chi connectivity index (χ2v) is 4.36. The van der Waals surface area contributed by atoms with Crippen LogP contribution in [0.4, 0.5) is 10.2 Å². The molecule has 1 N–H and O–H groups in total. The van der Waals surface area contributed by atoms with E-state index in [1.165, 1.54) is 31.7 Å². The van der Waals surface area contributed by atoms with Gasteiger partial charge in [-0.05, 0) is 30.9 Å². The standard InChI is InChI=1S/C12H17FN2/c1-9-5-2-3-6-10(9)14-12-8-4-7-11(13)15-12/h4,7-10H,2-3,5-6H2,1H3,(H,14,15)/t9-,10+/m1/s1. The van der Waals surface area contributed by atoms with Gasteiger partial charge in [0.25, 0.3) is 0 Å². The molecule has 1 aromatic rings. The van der Waals surface area contributed by atoms with Gasteiger partial charge in [0.15, 0.2) is 0 Å². The maximum Gasteiger partial charge on any atom is 0.214 e. The van der Waals surface area contributed by atoms with Gasteiger partial charge in [-0.25, -0.2) is 4.98 Å². The lowest BCUT2D eigenvalue weighted by molar-refractivity contribution is 0.348. The smallest absolute Gasteiger partial charge is 0.214 e. The predicted octanol–water partition coefficient (Wildman–Crippen LogP) is 3.21. The van der Waals surface area contributed by atoms with Gasteiger partial charge >= 0.3 is 0 Å². The van der Waals surface area contributed by atoms with Gasteiger partial charge in [-0.3, -0.25) is 0 Å². The van der Waals surface area contributed by atoms with Gasteiger partial charge in [-0.2, -0.15) is 4.39 Å². The Labute approximate surface area is 89.9 Å². The summed E-state index contributed by atoms with van der Waals surface area (Å²) in [4.78, 5) is 3.82. The van der Waals surface area contributed by atoms with E-state index in [4.69, 9.17) is 0 Å². The fraction of sp³-hybridized carbons (Fsp3) is 0.583. The molecule has 1 aromatic heterocycles. The molecular formula is C12H17FN2. The Kier molecular flexibility index (Phi) is 3.19. The maximum absolute atomic E-state index is 12.9. The number of pyridine rings is 1. The second-order valence-electron chi connectivity index (χ2n) is 4.36. The van der Waals surface area contributed by atoms with Crippen LogP contribution < -0.4 is 5.32 Å². The van der Waals surface area contributed by atoms with Crippen molar-refractivity contribution >= 4 is 5.82 Å². The summed E-state index contributed by atoms with van der Waals surface area (Å²) in [5.74, 6) is 0.904. The first-order valence-corrected chi connectivity index (χ1v) is 5.65. The Bertz CT molecular complexity index is 327. The molecule has 2 rings (SSSR count). The fourth-order valence-electron chi connectivity index (χ4n) is 2.21. The van der Waals surface area contributed by atoms with E-state index in [0.29, 0.717) is 17.8 Å². The summed E-state index contributed by atoms with van der Waals surface area (Å²) in [5, 5.41) is 3.32. The number of anilines is 1. The van der Waals surface area contributed by atoms with Crippen LogP contribution in [0.15, 0.2) is 18.2 Å². The molecule has 2 nitrogen and oxygen atoms in total. The van der Waals surface area contributed by atoms with Gasteiger partial charge in [0.05, 0.1) is 0 Å². The molecule has 0 amide bonds.